The number of nitrogens with one attached hydrogen (secondary N) is 1. The number of amides is 2. The zero-order valence-electron chi connectivity index (χ0n) is 16.8. The highest BCUT2D eigenvalue weighted by Crippen LogP contribution is 2.31. The van der Waals surface area contributed by atoms with Gasteiger partial charge < -0.3 is 14.8 Å². The van der Waals surface area contributed by atoms with Gasteiger partial charge in [0.1, 0.15) is 5.92 Å². The molecule has 1 atom stereocenters. The smallest absolute Gasteiger partial charge is 0.241 e. The van der Waals surface area contributed by atoms with Crippen molar-refractivity contribution in [2.45, 2.75) is 32.2 Å². The lowest BCUT2D eigenvalue weighted by molar-refractivity contribution is -0.128. The maximum atomic E-state index is 12.9. The van der Waals surface area contributed by atoms with Crippen molar-refractivity contribution >= 4 is 46.5 Å². The molecule has 1 N–H and O–H groups in total. The Hall–Kier alpha value is -2.71. The van der Waals surface area contributed by atoms with E-state index >= 15 is 0 Å². The van der Waals surface area contributed by atoms with Crippen LogP contribution < -0.4 is 5.32 Å². The molecule has 3 aliphatic rings. The molecule has 4 rings (SSSR count). The fraction of sp³-hybridized carbons (Fsp3) is 0.364. The average molecular weight is 460 g/mol. The number of rotatable bonds is 8. The maximum Gasteiger partial charge on any atom is 0.241 e. The normalized spacial score (nSPS) is 19.5. The summed E-state index contributed by atoms with van der Waals surface area (Å²) in [6.07, 6.45) is 6.16. The summed E-state index contributed by atoms with van der Waals surface area (Å²) in [6, 6.07) is 7.41. The molecule has 2 heterocycles. The molecule has 2 aliphatic heterocycles. The molecule has 1 unspecified atom stereocenters. The van der Waals surface area contributed by atoms with E-state index in [1.54, 1.807) is 18.2 Å². The number of hydrogen-bond acceptors (Lipinski definition) is 5. The zero-order valence-corrected chi connectivity index (χ0v) is 18.4. The number of carbonyl (C=O) groups is 2. The van der Waals surface area contributed by atoms with Crippen LogP contribution in [0.5, 0.6) is 0 Å². The lowest BCUT2D eigenvalue weighted by Crippen LogP contribution is -2.46. The van der Waals surface area contributed by atoms with Crippen molar-refractivity contribution in [3.8, 4) is 0 Å². The number of aliphatic imine (C=N–C) groups is 1. The molecular formula is C22H22ClN3O4S. The number of halogens is 1. The topological polar surface area (TPSA) is 80.2 Å². The number of carbonyl (C=O) groups excluding carboxylic acids is 2. The second kappa shape index (κ2) is 9.62. The summed E-state index contributed by atoms with van der Waals surface area (Å²) in [6.45, 7) is 1.08. The largest absolute Gasteiger partial charge is 0.454 e. The van der Waals surface area contributed by atoms with Crippen LogP contribution in [-0.2, 0) is 25.6 Å². The third kappa shape index (κ3) is 5.14. The lowest BCUT2D eigenvalue weighted by atomic mass is 9.93. The Balaban J connectivity index is 1.20. The number of unbranched alkanes of at least 4 members (excludes halogenated alkanes) is 2. The van der Waals surface area contributed by atoms with E-state index in [-0.39, 0.29) is 23.7 Å². The van der Waals surface area contributed by atoms with Gasteiger partial charge in [-0.3, -0.25) is 14.5 Å². The van der Waals surface area contributed by atoms with Crippen LogP contribution in [0.4, 0.5) is 0 Å². The summed E-state index contributed by atoms with van der Waals surface area (Å²) in [4.78, 5) is 30.9. The molecule has 1 aromatic rings. The number of benzene rings is 1. The Bertz CT molecular complexity index is 1000. The summed E-state index contributed by atoms with van der Waals surface area (Å²) in [7, 11) is 0. The molecule has 31 heavy (non-hydrogen) atoms. The van der Waals surface area contributed by atoms with E-state index in [9.17, 15) is 9.59 Å². The van der Waals surface area contributed by atoms with Crippen molar-refractivity contribution in [3.63, 3.8) is 0 Å². The number of hydrogen-bond donors (Lipinski definition) is 1. The Morgan fingerprint density at radius 3 is 2.94 bits per heavy atom. The summed E-state index contributed by atoms with van der Waals surface area (Å²) in [5.74, 6) is 0.563. The standard InChI is InChI=1S/C22H22ClN3O4S/c23-15-6-4-5-14(9-15)12-24-20(27)7-2-1-3-8-26-21(28)16-10-18-19(30-13-29-18)11-17(16)25-22(26)31/h4-6,9-11,16H,1-3,7-8,12-13H2,(H,24,27). The van der Waals surface area contributed by atoms with Gasteiger partial charge in [-0.1, -0.05) is 30.2 Å². The molecule has 1 aliphatic carbocycles. The third-order valence-electron chi connectivity index (χ3n) is 5.24. The summed E-state index contributed by atoms with van der Waals surface area (Å²) in [5.41, 5.74) is 1.55. The lowest BCUT2D eigenvalue weighted by Gasteiger charge is -2.30. The van der Waals surface area contributed by atoms with Crippen molar-refractivity contribution in [1.82, 2.24) is 10.2 Å². The van der Waals surface area contributed by atoms with E-state index in [2.05, 4.69) is 10.3 Å². The average Bonchev–Trinajstić information content (AvgIpc) is 3.20. The molecule has 0 bridgehead atoms. The van der Waals surface area contributed by atoms with Crippen LogP contribution in [-0.4, -0.2) is 40.9 Å². The fourth-order valence-corrected chi connectivity index (χ4v) is 4.11. The first-order valence-corrected chi connectivity index (χ1v) is 10.9. The van der Waals surface area contributed by atoms with Crippen molar-refractivity contribution in [1.29, 1.82) is 0 Å². The maximum absolute atomic E-state index is 12.9. The van der Waals surface area contributed by atoms with E-state index in [1.165, 1.54) is 4.90 Å². The molecule has 0 aromatic heterocycles. The van der Waals surface area contributed by atoms with Gasteiger partial charge in [0.15, 0.2) is 11.5 Å². The molecular weight excluding hydrogens is 438 g/mol. The van der Waals surface area contributed by atoms with Crippen molar-refractivity contribution in [3.05, 3.63) is 58.5 Å². The van der Waals surface area contributed by atoms with Gasteiger partial charge in [-0.25, -0.2) is 4.99 Å². The van der Waals surface area contributed by atoms with E-state index in [1.807, 2.05) is 18.2 Å². The highest BCUT2D eigenvalue weighted by Gasteiger charge is 2.38. The molecule has 0 spiro atoms. The molecule has 1 fully saturated rings. The van der Waals surface area contributed by atoms with Crippen LogP contribution in [0.2, 0.25) is 5.02 Å². The second-order valence-electron chi connectivity index (χ2n) is 7.45. The minimum Gasteiger partial charge on any atom is -0.454 e. The van der Waals surface area contributed by atoms with Crippen LogP contribution in [0.25, 0.3) is 0 Å². The van der Waals surface area contributed by atoms with Crippen LogP contribution in [0.1, 0.15) is 31.2 Å². The predicted molar refractivity (Wildman–Crippen MR) is 120 cm³/mol. The number of nitrogens with zero attached hydrogens (tertiary/aromatic N) is 2. The number of ether oxygens (including phenoxy) is 2. The van der Waals surface area contributed by atoms with E-state index < -0.39 is 5.92 Å². The van der Waals surface area contributed by atoms with Crippen LogP contribution in [0.15, 0.2) is 52.9 Å². The summed E-state index contributed by atoms with van der Waals surface area (Å²) >= 11 is 11.3. The molecule has 1 aromatic carbocycles. The fourth-order valence-electron chi connectivity index (χ4n) is 3.61. The number of fused-ring (bicyclic) bond motifs is 2. The van der Waals surface area contributed by atoms with Crippen LogP contribution in [0.3, 0.4) is 0 Å². The van der Waals surface area contributed by atoms with Gasteiger partial charge in [0, 0.05) is 30.6 Å². The summed E-state index contributed by atoms with van der Waals surface area (Å²) < 4.78 is 10.7. The van der Waals surface area contributed by atoms with Crippen LogP contribution >= 0.6 is 23.8 Å². The summed E-state index contributed by atoms with van der Waals surface area (Å²) in [5, 5.41) is 3.81. The first-order chi connectivity index (χ1) is 15.0. The number of allylic oxidation sites excluding steroid dienone is 1. The van der Waals surface area contributed by atoms with Gasteiger partial charge in [0.05, 0.1) is 5.71 Å². The van der Waals surface area contributed by atoms with Crippen molar-refractivity contribution in [2.24, 2.45) is 10.9 Å². The van der Waals surface area contributed by atoms with E-state index in [0.29, 0.717) is 41.8 Å². The first-order valence-electron chi connectivity index (χ1n) is 10.2. The molecule has 7 nitrogen and oxygen atoms in total. The van der Waals surface area contributed by atoms with Gasteiger partial charge in [-0.15, -0.1) is 0 Å². The second-order valence-corrected chi connectivity index (χ2v) is 8.25. The quantitative estimate of drug-likeness (QED) is 0.475. The Morgan fingerprint density at radius 1 is 1.26 bits per heavy atom. The zero-order chi connectivity index (χ0) is 21.8. The molecule has 0 saturated carbocycles. The third-order valence-corrected chi connectivity index (χ3v) is 5.79. The van der Waals surface area contributed by atoms with Gasteiger partial charge in [-0.05, 0) is 48.8 Å². The molecule has 162 valence electrons. The monoisotopic (exact) mass is 459 g/mol. The highest BCUT2D eigenvalue weighted by molar-refractivity contribution is 7.80. The van der Waals surface area contributed by atoms with Crippen molar-refractivity contribution < 1.29 is 19.1 Å². The van der Waals surface area contributed by atoms with E-state index in [4.69, 9.17) is 33.3 Å². The SMILES string of the molecule is O=C(CCCCCN1C(=O)C2C=C3OCOC3=CC2=NC1=S)NCc1cccc(Cl)c1. The Kier molecular flexibility index (Phi) is 6.67. The molecule has 9 heteroatoms. The van der Waals surface area contributed by atoms with Gasteiger partial charge in [-0.2, -0.15) is 0 Å². The van der Waals surface area contributed by atoms with E-state index in [0.717, 1.165) is 24.8 Å². The number of thiocarbonyl (C=S) groups is 1. The highest BCUT2D eigenvalue weighted by atomic mass is 35.5. The predicted octanol–water partition coefficient (Wildman–Crippen LogP) is 3.49. The van der Waals surface area contributed by atoms with Crippen molar-refractivity contribution in [2.75, 3.05) is 13.3 Å². The molecule has 0 radical (unpaired) electrons. The van der Waals surface area contributed by atoms with Gasteiger partial charge >= 0.3 is 0 Å². The minimum atomic E-state index is -0.496. The van der Waals surface area contributed by atoms with Crippen LogP contribution in [0, 0.1) is 5.92 Å². The first kappa shape index (κ1) is 21.5. The van der Waals surface area contributed by atoms with Gasteiger partial charge in [0.2, 0.25) is 23.7 Å². The minimum absolute atomic E-state index is 0.00556. The Morgan fingerprint density at radius 2 is 2.10 bits per heavy atom. The molecule has 2 amide bonds. The molecule has 1 saturated heterocycles. The Labute approximate surface area is 190 Å². The van der Waals surface area contributed by atoms with Gasteiger partial charge in [0.25, 0.3) is 0 Å².